The molecule has 3 rings (SSSR count). The summed E-state index contributed by atoms with van der Waals surface area (Å²) < 4.78 is 5.71. The van der Waals surface area contributed by atoms with Crippen molar-refractivity contribution >= 4 is 5.69 Å². The molecule has 2 fully saturated rings. The molecule has 1 aliphatic heterocycles. The second-order valence-electron chi connectivity index (χ2n) is 6.00. The zero-order valence-corrected chi connectivity index (χ0v) is 11.7. The van der Waals surface area contributed by atoms with Gasteiger partial charge in [-0.25, -0.2) is 0 Å². The van der Waals surface area contributed by atoms with E-state index in [0.717, 1.165) is 37.3 Å². The first kappa shape index (κ1) is 12.9. The van der Waals surface area contributed by atoms with Crippen LogP contribution in [0.2, 0.25) is 0 Å². The molecule has 1 saturated carbocycles. The van der Waals surface area contributed by atoms with Gasteiger partial charge in [-0.15, -0.1) is 0 Å². The Labute approximate surface area is 114 Å². The van der Waals surface area contributed by atoms with Crippen LogP contribution in [0.25, 0.3) is 0 Å². The standard InChI is InChI=1S/C15H22N2O2/c1-11(2)13-4-3-12(9-16-13)17-7-8-19-14(10-17)15(18)5-6-15/h3-4,9,11,14,18H,5-8,10H2,1-2H3/t14-/m1/s1. The first-order valence-corrected chi connectivity index (χ1v) is 7.13. The van der Waals surface area contributed by atoms with E-state index >= 15 is 0 Å². The fourth-order valence-electron chi connectivity index (χ4n) is 2.58. The van der Waals surface area contributed by atoms with Crippen LogP contribution in [0.1, 0.15) is 38.3 Å². The summed E-state index contributed by atoms with van der Waals surface area (Å²) in [7, 11) is 0. The Hall–Kier alpha value is -1.13. The van der Waals surface area contributed by atoms with Gasteiger partial charge in [0.15, 0.2) is 0 Å². The predicted octanol–water partition coefficient (Wildman–Crippen LogP) is 1.94. The van der Waals surface area contributed by atoms with Crippen LogP contribution in [-0.4, -0.2) is 41.5 Å². The van der Waals surface area contributed by atoms with Gasteiger partial charge in [-0.3, -0.25) is 4.98 Å². The molecule has 0 unspecified atom stereocenters. The average Bonchev–Trinajstić information content (AvgIpc) is 3.18. The van der Waals surface area contributed by atoms with Crippen molar-refractivity contribution in [3.05, 3.63) is 24.0 Å². The molecule has 2 heterocycles. The molecule has 0 bridgehead atoms. The Balaban J connectivity index is 1.71. The van der Waals surface area contributed by atoms with Gasteiger partial charge in [0.25, 0.3) is 0 Å². The van der Waals surface area contributed by atoms with Crippen molar-refractivity contribution in [2.24, 2.45) is 0 Å². The Morgan fingerprint density at radius 3 is 2.79 bits per heavy atom. The molecular weight excluding hydrogens is 240 g/mol. The first-order chi connectivity index (χ1) is 9.08. The number of hydrogen-bond donors (Lipinski definition) is 1. The molecule has 1 atom stereocenters. The van der Waals surface area contributed by atoms with E-state index in [-0.39, 0.29) is 6.10 Å². The lowest BCUT2D eigenvalue weighted by Gasteiger charge is -2.36. The van der Waals surface area contributed by atoms with E-state index in [0.29, 0.717) is 12.5 Å². The lowest BCUT2D eigenvalue weighted by Crippen LogP contribution is -2.49. The van der Waals surface area contributed by atoms with E-state index in [9.17, 15) is 5.11 Å². The quantitative estimate of drug-likeness (QED) is 0.904. The molecule has 1 aromatic rings. The van der Waals surface area contributed by atoms with E-state index in [1.165, 1.54) is 0 Å². The summed E-state index contributed by atoms with van der Waals surface area (Å²) in [6, 6.07) is 4.22. The fraction of sp³-hybridized carbons (Fsp3) is 0.667. The van der Waals surface area contributed by atoms with E-state index in [4.69, 9.17) is 4.74 Å². The molecule has 2 aliphatic rings. The first-order valence-electron chi connectivity index (χ1n) is 7.13. The third kappa shape index (κ3) is 2.60. The monoisotopic (exact) mass is 262 g/mol. The Morgan fingerprint density at radius 2 is 2.21 bits per heavy atom. The number of aromatic nitrogens is 1. The average molecular weight is 262 g/mol. The molecule has 4 heteroatoms. The van der Waals surface area contributed by atoms with Gasteiger partial charge in [0, 0.05) is 18.8 Å². The topological polar surface area (TPSA) is 45.6 Å². The van der Waals surface area contributed by atoms with Gasteiger partial charge >= 0.3 is 0 Å². The predicted molar refractivity (Wildman–Crippen MR) is 74.5 cm³/mol. The summed E-state index contributed by atoms with van der Waals surface area (Å²) in [6.45, 7) is 6.61. The summed E-state index contributed by atoms with van der Waals surface area (Å²) in [6.07, 6.45) is 3.63. The summed E-state index contributed by atoms with van der Waals surface area (Å²) >= 11 is 0. The van der Waals surface area contributed by atoms with Gasteiger partial charge in [0.1, 0.15) is 6.10 Å². The van der Waals surface area contributed by atoms with Crippen LogP contribution in [0, 0.1) is 0 Å². The normalized spacial score (nSPS) is 25.7. The van der Waals surface area contributed by atoms with E-state index in [2.05, 4.69) is 35.9 Å². The molecule has 0 radical (unpaired) electrons. The summed E-state index contributed by atoms with van der Waals surface area (Å²) in [5, 5.41) is 10.2. The van der Waals surface area contributed by atoms with Crippen LogP contribution >= 0.6 is 0 Å². The third-order valence-corrected chi connectivity index (χ3v) is 4.16. The molecule has 1 N–H and O–H groups in total. The van der Waals surface area contributed by atoms with Gasteiger partial charge in [-0.1, -0.05) is 13.8 Å². The van der Waals surface area contributed by atoms with E-state index in [1.807, 2.05) is 6.20 Å². The van der Waals surface area contributed by atoms with E-state index in [1.54, 1.807) is 0 Å². The van der Waals surface area contributed by atoms with Crippen molar-refractivity contribution in [3.63, 3.8) is 0 Å². The second kappa shape index (κ2) is 4.76. The molecule has 0 aromatic carbocycles. The SMILES string of the molecule is CC(C)c1ccc(N2CCO[C@@H](C3(O)CC3)C2)cn1. The number of hydrogen-bond acceptors (Lipinski definition) is 4. The maximum atomic E-state index is 10.2. The second-order valence-corrected chi connectivity index (χ2v) is 6.00. The molecule has 1 aromatic heterocycles. The molecule has 0 amide bonds. The summed E-state index contributed by atoms with van der Waals surface area (Å²) in [4.78, 5) is 6.78. The zero-order valence-electron chi connectivity index (χ0n) is 11.7. The van der Waals surface area contributed by atoms with E-state index < -0.39 is 5.60 Å². The largest absolute Gasteiger partial charge is 0.387 e. The van der Waals surface area contributed by atoms with Crippen molar-refractivity contribution in [1.82, 2.24) is 4.98 Å². The van der Waals surface area contributed by atoms with Crippen molar-refractivity contribution in [2.75, 3.05) is 24.6 Å². The Kier molecular flexibility index (Phi) is 3.23. The van der Waals surface area contributed by atoms with Crippen LogP contribution in [0.5, 0.6) is 0 Å². The van der Waals surface area contributed by atoms with Crippen molar-refractivity contribution < 1.29 is 9.84 Å². The van der Waals surface area contributed by atoms with Gasteiger partial charge in [-0.2, -0.15) is 0 Å². The summed E-state index contributed by atoms with van der Waals surface area (Å²) in [5.41, 5.74) is 1.68. The highest BCUT2D eigenvalue weighted by atomic mass is 16.5. The third-order valence-electron chi connectivity index (χ3n) is 4.16. The van der Waals surface area contributed by atoms with Gasteiger partial charge in [-0.05, 0) is 30.9 Å². The smallest absolute Gasteiger partial charge is 0.104 e. The molecule has 1 aliphatic carbocycles. The number of pyridine rings is 1. The fourth-order valence-corrected chi connectivity index (χ4v) is 2.58. The number of anilines is 1. The lowest BCUT2D eigenvalue weighted by molar-refractivity contribution is -0.0586. The number of aliphatic hydroxyl groups is 1. The number of rotatable bonds is 3. The lowest BCUT2D eigenvalue weighted by atomic mass is 10.1. The van der Waals surface area contributed by atoms with Crippen LogP contribution in [-0.2, 0) is 4.74 Å². The van der Waals surface area contributed by atoms with Gasteiger partial charge in [0.05, 0.1) is 24.1 Å². The molecule has 1 saturated heterocycles. The van der Waals surface area contributed by atoms with Crippen LogP contribution in [0.4, 0.5) is 5.69 Å². The molecule has 0 spiro atoms. The Morgan fingerprint density at radius 1 is 1.42 bits per heavy atom. The minimum Gasteiger partial charge on any atom is -0.387 e. The molecule has 19 heavy (non-hydrogen) atoms. The Bertz CT molecular complexity index is 440. The van der Waals surface area contributed by atoms with Crippen molar-refractivity contribution in [2.45, 2.75) is 44.3 Å². The highest BCUT2D eigenvalue weighted by Crippen LogP contribution is 2.41. The number of morpholine rings is 1. The maximum Gasteiger partial charge on any atom is 0.104 e. The zero-order chi connectivity index (χ0) is 13.5. The van der Waals surface area contributed by atoms with Crippen molar-refractivity contribution in [1.29, 1.82) is 0 Å². The number of nitrogens with zero attached hydrogens (tertiary/aromatic N) is 2. The van der Waals surface area contributed by atoms with Crippen molar-refractivity contribution in [3.8, 4) is 0 Å². The molecular formula is C15H22N2O2. The van der Waals surface area contributed by atoms with Gasteiger partial charge in [0.2, 0.25) is 0 Å². The minimum absolute atomic E-state index is 0.0500. The summed E-state index contributed by atoms with van der Waals surface area (Å²) in [5.74, 6) is 0.457. The van der Waals surface area contributed by atoms with Gasteiger partial charge < -0.3 is 14.7 Å². The highest BCUT2D eigenvalue weighted by molar-refractivity contribution is 5.45. The van der Waals surface area contributed by atoms with Crippen LogP contribution < -0.4 is 4.90 Å². The number of ether oxygens (including phenoxy) is 1. The maximum absolute atomic E-state index is 10.2. The molecule has 104 valence electrons. The minimum atomic E-state index is -0.566. The van der Waals surface area contributed by atoms with Crippen LogP contribution in [0.15, 0.2) is 18.3 Å². The van der Waals surface area contributed by atoms with Crippen LogP contribution in [0.3, 0.4) is 0 Å². The molecule has 4 nitrogen and oxygen atoms in total. The highest BCUT2D eigenvalue weighted by Gasteiger charge is 2.50.